The van der Waals surface area contributed by atoms with Gasteiger partial charge in [0.1, 0.15) is 17.8 Å². The summed E-state index contributed by atoms with van der Waals surface area (Å²) in [6.07, 6.45) is 0.756. The van der Waals surface area contributed by atoms with Gasteiger partial charge in [0.2, 0.25) is 0 Å². The fourth-order valence-corrected chi connectivity index (χ4v) is 2.20. The van der Waals surface area contributed by atoms with Crippen molar-refractivity contribution < 1.29 is 18.8 Å². The van der Waals surface area contributed by atoms with E-state index in [2.05, 4.69) is 0 Å². The summed E-state index contributed by atoms with van der Waals surface area (Å²) in [7, 11) is -0.496. The lowest BCUT2D eigenvalue weighted by Gasteiger charge is -2.10. The first kappa shape index (κ1) is 14.3. The first-order valence-electron chi connectivity index (χ1n) is 6.80. The molecule has 22 heavy (non-hydrogen) atoms. The minimum absolute atomic E-state index is 0.470. The van der Waals surface area contributed by atoms with Gasteiger partial charge in [-0.1, -0.05) is 6.07 Å². The van der Waals surface area contributed by atoms with Gasteiger partial charge in [0.15, 0.2) is 0 Å². The highest BCUT2D eigenvalue weighted by Crippen LogP contribution is 2.22. The topological polar surface area (TPSA) is 68.6 Å². The largest absolute Gasteiger partial charge is 0.494 e. The predicted octanol–water partition coefficient (Wildman–Crippen LogP) is 1.91. The van der Waals surface area contributed by atoms with E-state index in [0.29, 0.717) is 41.3 Å². The Morgan fingerprint density at radius 2 is 1.77 bits per heavy atom. The van der Waals surface area contributed by atoms with Gasteiger partial charge in [0.05, 0.1) is 24.8 Å². The van der Waals surface area contributed by atoms with Crippen molar-refractivity contribution in [2.24, 2.45) is 0 Å². The zero-order valence-electron chi connectivity index (χ0n) is 11.7. The van der Waals surface area contributed by atoms with E-state index in [1.807, 2.05) is 6.07 Å². The van der Waals surface area contributed by atoms with Crippen LogP contribution in [0.15, 0.2) is 42.5 Å². The molecule has 1 aliphatic heterocycles. The maximum Gasteiger partial charge on any atom is 0.494 e. The third-order valence-electron chi connectivity index (χ3n) is 3.28. The van der Waals surface area contributed by atoms with Crippen molar-refractivity contribution in [2.45, 2.75) is 0 Å². The molecule has 0 aliphatic carbocycles. The van der Waals surface area contributed by atoms with Crippen LogP contribution in [0.3, 0.4) is 0 Å². The third-order valence-corrected chi connectivity index (χ3v) is 3.28. The van der Waals surface area contributed by atoms with Crippen LogP contribution < -0.4 is 10.2 Å². The molecule has 0 N–H and O–H groups in total. The molecular formula is C16H12BNO4. The highest BCUT2D eigenvalue weighted by molar-refractivity contribution is 6.63. The molecule has 0 aromatic heterocycles. The van der Waals surface area contributed by atoms with Gasteiger partial charge in [0, 0.05) is 5.56 Å². The number of hydrogen-bond donors (Lipinski definition) is 0. The van der Waals surface area contributed by atoms with E-state index in [4.69, 9.17) is 19.3 Å². The summed E-state index contributed by atoms with van der Waals surface area (Å²) in [6.45, 7) is 1.04. The molecule has 0 amide bonds. The van der Waals surface area contributed by atoms with Crippen LogP contribution in [0.25, 0.3) is 0 Å². The molecule has 0 saturated carbocycles. The average molecular weight is 293 g/mol. The summed E-state index contributed by atoms with van der Waals surface area (Å²) in [6, 6.07) is 14.0. The van der Waals surface area contributed by atoms with Crippen molar-refractivity contribution in [1.82, 2.24) is 0 Å². The Kier molecular flexibility index (Phi) is 4.19. The van der Waals surface area contributed by atoms with Gasteiger partial charge in [-0.25, -0.2) is 0 Å². The summed E-state index contributed by atoms with van der Waals surface area (Å²) in [5, 5.41) is 8.77. The fourth-order valence-electron chi connectivity index (χ4n) is 2.20. The molecule has 6 heteroatoms. The minimum Gasteiger partial charge on any atom is -0.457 e. The maximum absolute atomic E-state index is 11.3. The Morgan fingerprint density at radius 1 is 1.09 bits per heavy atom. The number of aldehydes is 1. The molecule has 1 heterocycles. The van der Waals surface area contributed by atoms with Crippen molar-refractivity contribution in [1.29, 1.82) is 5.26 Å². The van der Waals surface area contributed by atoms with Crippen LogP contribution in [-0.2, 0) is 9.31 Å². The van der Waals surface area contributed by atoms with E-state index in [0.717, 1.165) is 6.29 Å². The van der Waals surface area contributed by atoms with Crippen LogP contribution >= 0.6 is 0 Å². The molecule has 1 aliphatic rings. The molecule has 0 radical (unpaired) electrons. The van der Waals surface area contributed by atoms with Gasteiger partial charge >= 0.3 is 7.12 Å². The van der Waals surface area contributed by atoms with Gasteiger partial charge in [-0.05, 0) is 41.9 Å². The molecule has 5 nitrogen and oxygen atoms in total. The first-order chi connectivity index (χ1) is 10.8. The first-order valence-corrected chi connectivity index (χ1v) is 6.80. The smallest absolute Gasteiger partial charge is 0.457 e. The maximum atomic E-state index is 11.3. The molecule has 0 bridgehead atoms. The number of carbonyl (C=O) groups excluding carboxylic acids is 1. The summed E-state index contributed by atoms with van der Waals surface area (Å²) in [5.74, 6) is 1.13. The molecule has 0 atom stereocenters. The zero-order valence-corrected chi connectivity index (χ0v) is 11.7. The molecule has 1 fully saturated rings. The molecule has 3 rings (SSSR count). The quantitative estimate of drug-likeness (QED) is 0.636. The monoisotopic (exact) mass is 293 g/mol. The summed E-state index contributed by atoms with van der Waals surface area (Å²) in [4.78, 5) is 11.3. The Balaban J connectivity index is 1.82. The van der Waals surface area contributed by atoms with Crippen molar-refractivity contribution in [3.8, 4) is 17.6 Å². The second kappa shape index (κ2) is 6.44. The van der Waals surface area contributed by atoms with E-state index < -0.39 is 7.12 Å². The van der Waals surface area contributed by atoms with Crippen LogP contribution in [0.5, 0.6) is 11.5 Å². The number of rotatable bonds is 4. The van der Waals surface area contributed by atoms with Crippen molar-refractivity contribution in [3.05, 3.63) is 53.6 Å². The number of hydrogen-bond acceptors (Lipinski definition) is 5. The Labute approximate surface area is 128 Å². The lowest BCUT2D eigenvalue weighted by Crippen LogP contribution is -2.34. The van der Waals surface area contributed by atoms with Crippen LogP contribution in [0.1, 0.15) is 15.9 Å². The highest BCUT2D eigenvalue weighted by Gasteiger charge is 2.28. The van der Waals surface area contributed by atoms with Crippen molar-refractivity contribution in [3.63, 3.8) is 0 Å². The third kappa shape index (κ3) is 3.01. The van der Waals surface area contributed by atoms with Crippen LogP contribution in [-0.4, -0.2) is 26.6 Å². The average Bonchev–Trinajstić information content (AvgIpc) is 3.09. The van der Waals surface area contributed by atoms with Crippen molar-refractivity contribution in [2.75, 3.05) is 13.2 Å². The Hall–Kier alpha value is -2.62. The van der Waals surface area contributed by atoms with E-state index in [-0.39, 0.29) is 0 Å². The van der Waals surface area contributed by atoms with E-state index in [9.17, 15) is 4.79 Å². The lowest BCUT2D eigenvalue weighted by molar-refractivity contribution is 0.112. The molecular weight excluding hydrogens is 281 g/mol. The van der Waals surface area contributed by atoms with Gasteiger partial charge in [-0.3, -0.25) is 4.79 Å². The molecule has 0 spiro atoms. The van der Waals surface area contributed by atoms with E-state index >= 15 is 0 Å². The Bertz CT molecular complexity index is 718. The normalized spacial score (nSPS) is 13.7. The standard InChI is InChI=1S/C16H12BNO4/c18-10-12-1-3-14(4-2-12)22-15-5-6-16(13(9-15)11-19)17-20-7-8-21-17/h1-6,9,11H,7-8H2. The SMILES string of the molecule is N#Cc1ccc(Oc2ccc(B3OCCO3)c(C=O)c2)cc1. The molecule has 2 aromatic rings. The zero-order chi connectivity index (χ0) is 15.4. The second-order valence-electron chi connectivity index (χ2n) is 4.72. The number of carbonyl (C=O) groups is 1. The Morgan fingerprint density at radius 3 is 2.41 bits per heavy atom. The van der Waals surface area contributed by atoms with Gasteiger partial charge in [-0.2, -0.15) is 5.26 Å². The number of ether oxygens (including phenoxy) is 1. The van der Waals surface area contributed by atoms with Crippen LogP contribution in [0.4, 0.5) is 0 Å². The van der Waals surface area contributed by atoms with Gasteiger partial charge < -0.3 is 14.0 Å². The van der Waals surface area contributed by atoms with E-state index in [1.165, 1.54) is 0 Å². The molecule has 2 aromatic carbocycles. The summed E-state index contributed by atoms with van der Waals surface area (Å²) < 4.78 is 16.5. The van der Waals surface area contributed by atoms with E-state index in [1.54, 1.807) is 42.5 Å². The number of benzene rings is 2. The minimum atomic E-state index is -0.496. The van der Waals surface area contributed by atoms with Gasteiger partial charge in [-0.15, -0.1) is 0 Å². The number of nitriles is 1. The fraction of sp³-hybridized carbons (Fsp3) is 0.125. The predicted molar refractivity (Wildman–Crippen MR) is 80.4 cm³/mol. The van der Waals surface area contributed by atoms with Gasteiger partial charge in [0.25, 0.3) is 0 Å². The van der Waals surface area contributed by atoms with Crippen molar-refractivity contribution >= 4 is 18.9 Å². The second-order valence-corrected chi connectivity index (χ2v) is 4.72. The van der Waals surface area contributed by atoms with Crippen LogP contribution in [0, 0.1) is 11.3 Å². The summed E-state index contributed by atoms with van der Waals surface area (Å²) >= 11 is 0. The number of nitrogens with zero attached hydrogens (tertiary/aromatic N) is 1. The summed E-state index contributed by atoms with van der Waals surface area (Å²) in [5.41, 5.74) is 1.73. The van der Waals surface area contributed by atoms with Crippen LogP contribution in [0.2, 0.25) is 0 Å². The molecule has 1 saturated heterocycles. The lowest BCUT2D eigenvalue weighted by atomic mass is 9.76. The molecule has 0 unspecified atom stereocenters. The highest BCUT2D eigenvalue weighted by atomic mass is 16.6. The molecule has 108 valence electrons.